The van der Waals surface area contributed by atoms with Gasteiger partial charge in [-0.1, -0.05) is 48.5 Å². The molecule has 1 heterocycles. The first kappa shape index (κ1) is 26.3. The van der Waals surface area contributed by atoms with E-state index < -0.39 is 16.0 Å². The molecule has 2 aromatic carbocycles. The molecule has 0 aromatic heterocycles. The number of aryl methyl sites for hydroxylation is 1. The number of carboxylic acid groups (broad SMARTS) is 1. The molecule has 0 radical (unpaired) electrons. The van der Waals surface area contributed by atoms with Crippen molar-refractivity contribution >= 4 is 28.4 Å². The first-order valence-electron chi connectivity index (χ1n) is 10.9. The Bertz CT molecular complexity index is 997. The summed E-state index contributed by atoms with van der Waals surface area (Å²) in [7, 11) is -3.25. The third-order valence-corrected chi connectivity index (χ3v) is 6.48. The molecule has 0 amide bonds. The zero-order valence-electron chi connectivity index (χ0n) is 18.4. The number of unbranched alkanes of at least 4 members (excludes halogenated alkanes) is 1. The molecule has 8 heteroatoms. The maximum Gasteiger partial charge on any atom is 0.303 e. The highest BCUT2D eigenvalue weighted by Crippen LogP contribution is 2.27. The van der Waals surface area contributed by atoms with Crippen LogP contribution >= 0.6 is 12.4 Å². The maximum absolute atomic E-state index is 11.7. The van der Waals surface area contributed by atoms with Crippen LogP contribution in [0.15, 0.2) is 48.5 Å². The number of piperidine rings is 1. The van der Waals surface area contributed by atoms with Crippen LogP contribution in [0.3, 0.4) is 0 Å². The van der Waals surface area contributed by atoms with Gasteiger partial charge in [-0.3, -0.25) is 4.79 Å². The second kappa shape index (κ2) is 12.3. The van der Waals surface area contributed by atoms with Gasteiger partial charge in [0.15, 0.2) is 0 Å². The summed E-state index contributed by atoms with van der Waals surface area (Å²) in [6, 6.07) is 16.6. The van der Waals surface area contributed by atoms with Gasteiger partial charge < -0.3 is 10.4 Å². The van der Waals surface area contributed by atoms with Crippen LogP contribution < -0.4 is 10.0 Å². The van der Waals surface area contributed by atoms with Crippen LogP contribution in [0.1, 0.15) is 43.2 Å². The van der Waals surface area contributed by atoms with Crippen molar-refractivity contribution < 1.29 is 18.3 Å². The lowest BCUT2D eigenvalue weighted by Crippen LogP contribution is -2.54. The molecule has 2 atom stereocenters. The number of carbonyl (C=O) groups is 1. The minimum absolute atomic E-state index is 0. The quantitative estimate of drug-likeness (QED) is 0.450. The average molecular weight is 481 g/mol. The summed E-state index contributed by atoms with van der Waals surface area (Å²) in [4.78, 5) is 10.8. The third kappa shape index (κ3) is 8.20. The molecular formula is C24H33ClN2O4S. The van der Waals surface area contributed by atoms with Crippen LogP contribution in [0, 0.1) is 0 Å². The van der Waals surface area contributed by atoms with Gasteiger partial charge in [-0.15, -0.1) is 12.4 Å². The number of benzene rings is 2. The van der Waals surface area contributed by atoms with E-state index in [9.17, 15) is 13.2 Å². The average Bonchev–Trinajstić information content (AvgIpc) is 2.72. The van der Waals surface area contributed by atoms with Gasteiger partial charge in [-0.25, -0.2) is 13.1 Å². The van der Waals surface area contributed by atoms with E-state index in [1.165, 1.54) is 17.4 Å². The molecule has 32 heavy (non-hydrogen) atoms. The minimum atomic E-state index is -3.25. The Morgan fingerprint density at radius 2 is 1.94 bits per heavy atom. The lowest BCUT2D eigenvalue weighted by molar-refractivity contribution is -0.137. The fraction of sp³-hybridized carbons (Fsp3) is 0.458. The highest BCUT2D eigenvalue weighted by atomic mass is 35.5. The largest absolute Gasteiger partial charge is 0.481 e. The van der Waals surface area contributed by atoms with Crippen LogP contribution in [-0.4, -0.2) is 44.4 Å². The highest BCUT2D eigenvalue weighted by molar-refractivity contribution is 7.88. The van der Waals surface area contributed by atoms with Gasteiger partial charge in [0.2, 0.25) is 10.0 Å². The predicted octanol–water partition coefficient (Wildman–Crippen LogP) is 3.79. The van der Waals surface area contributed by atoms with E-state index in [-0.39, 0.29) is 30.9 Å². The standard InChI is InChI=1S/C24H32N2O4S.ClH/c1-31(29,30)26-22-13-7-15-25-23(22)17-18-8-6-11-20(16-18)21-12-4-2-9-19(21)10-3-5-14-24(27)28;/h2,4,6,8-9,11-12,16,22-23,25-26H,3,5,7,10,13-15,17H2,1H3,(H,27,28);1H. The highest BCUT2D eigenvalue weighted by Gasteiger charge is 2.27. The second-order valence-electron chi connectivity index (χ2n) is 8.36. The summed E-state index contributed by atoms with van der Waals surface area (Å²) in [6.07, 6.45) is 6.32. The molecule has 0 bridgehead atoms. The van der Waals surface area contributed by atoms with Crippen LogP contribution in [0.4, 0.5) is 0 Å². The monoisotopic (exact) mass is 480 g/mol. The molecule has 1 aliphatic heterocycles. The molecule has 0 spiro atoms. The maximum atomic E-state index is 11.7. The summed E-state index contributed by atoms with van der Waals surface area (Å²) in [5, 5.41) is 12.3. The third-order valence-electron chi connectivity index (χ3n) is 5.75. The number of carboxylic acids is 1. The van der Waals surface area contributed by atoms with Gasteiger partial charge in [-0.05, 0) is 67.3 Å². The number of rotatable bonds is 10. The molecule has 1 saturated heterocycles. The number of nitrogens with one attached hydrogen (secondary N) is 2. The van der Waals surface area contributed by atoms with E-state index in [0.717, 1.165) is 49.8 Å². The Morgan fingerprint density at radius 3 is 2.69 bits per heavy atom. The van der Waals surface area contributed by atoms with Crippen molar-refractivity contribution in [2.75, 3.05) is 12.8 Å². The summed E-state index contributed by atoms with van der Waals surface area (Å²) < 4.78 is 26.3. The van der Waals surface area contributed by atoms with Crippen molar-refractivity contribution in [2.45, 2.75) is 57.0 Å². The Hall–Kier alpha value is -1.93. The fourth-order valence-corrected chi connectivity index (χ4v) is 5.15. The molecule has 2 unspecified atom stereocenters. The van der Waals surface area contributed by atoms with E-state index in [0.29, 0.717) is 6.42 Å². The van der Waals surface area contributed by atoms with Crippen molar-refractivity contribution in [3.63, 3.8) is 0 Å². The van der Waals surface area contributed by atoms with Gasteiger partial charge in [0.1, 0.15) is 0 Å². The first-order chi connectivity index (χ1) is 14.8. The lowest BCUT2D eigenvalue weighted by Gasteiger charge is -2.33. The summed E-state index contributed by atoms with van der Waals surface area (Å²) in [5.74, 6) is -0.749. The van der Waals surface area contributed by atoms with Gasteiger partial charge in [-0.2, -0.15) is 0 Å². The van der Waals surface area contributed by atoms with Crippen LogP contribution in [0.2, 0.25) is 0 Å². The zero-order chi connectivity index (χ0) is 22.3. The molecule has 0 saturated carbocycles. The molecule has 2 aromatic rings. The Balaban J connectivity index is 0.00000363. The second-order valence-corrected chi connectivity index (χ2v) is 10.1. The van der Waals surface area contributed by atoms with Crippen LogP contribution in [0.25, 0.3) is 11.1 Å². The topological polar surface area (TPSA) is 95.5 Å². The summed E-state index contributed by atoms with van der Waals surface area (Å²) in [6.45, 7) is 0.894. The Kier molecular flexibility index (Phi) is 10.2. The molecule has 6 nitrogen and oxygen atoms in total. The zero-order valence-corrected chi connectivity index (χ0v) is 20.1. The normalized spacial score (nSPS) is 18.7. The molecule has 0 aliphatic carbocycles. The Labute approximate surface area is 197 Å². The van der Waals surface area contributed by atoms with E-state index in [4.69, 9.17) is 5.11 Å². The molecule has 176 valence electrons. The van der Waals surface area contributed by atoms with Crippen molar-refractivity contribution in [3.8, 4) is 11.1 Å². The van der Waals surface area contributed by atoms with Crippen LogP contribution in [-0.2, 0) is 27.7 Å². The lowest BCUT2D eigenvalue weighted by atomic mass is 9.91. The smallest absolute Gasteiger partial charge is 0.303 e. The van der Waals surface area contributed by atoms with Crippen molar-refractivity contribution in [1.82, 2.24) is 10.0 Å². The molecule has 1 aliphatic rings. The van der Waals surface area contributed by atoms with E-state index in [1.54, 1.807) is 0 Å². The van der Waals surface area contributed by atoms with Gasteiger partial charge in [0, 0.05) is 18.5 Å². The predicted molar refractivity (Wildman–Crippen MR) is 131 cm³/mol. The van der Waals surface area contributed by atoms with Gasteiger partial charge in [0.25, 0.3) is 0 Å². The fourth-order valence-electron chi connectivity index (χ4n) is 4.31. The molecule has 1 fully saturated rings. The van der Waals surface area contributed by atoms with Crippen molar-refractivity contribution in [3.05, 3.63) is 59.7 Å². The molecular weight excluding hydrogens is 448 g/mol. The summed E-state index contributed by atoms with van der Waals surface area (Å²) in [5.41, 5.74) is 4.69. The van der Waals surface area contributed by atoms with E-state index >= 15 is 0 Å². The minimum Gasteiger partial charge on any atom is -0.481 e. The molecule has 3 rings (SSSR count). The SMILES string of the molecule is CS(=O)(=O)NC1CCCNC1Cc1cccc(-c2ccccc2CCCCC(=O)O)c1.Cl. The number of sulfonamides is 1. The van der Waals surface area contributed by atoms with Gasteiger partial charge in [0.05, 0.1) is 6.26 Å². The van der Waals surface area contributed by atoms with Gasteiger partial charge >= 0.3 is 5.97 Å². The molecule has 3 N–H and O–H groups in total. The number of hydrogen-bond acceptors (Lipinski definition) is 4. The van der Waals surface area contributed by atoms with Crippen molar-refractivity contribution in [2.24, 2.45) is 0 Å². The van der Waals surface area contributed by atoms with E-state index in [2.05, 4.69) is 40.4 Å². The Morgan fingerprint density at radius 1 is 1.16 bits per heavy atom. The van der Waals surface area contributed by atoms with Crippen molar-refractivity contribution in [1.29, 1.82) is 0 Å². The summed E-state index contributed by atoms with van der Waals surface area (Å²) >= 11 is 0. The number of halogens is 1. The van der Waals surface area contributed by atoms with E-state index in [1.807, 2.05) is 18.2 Å². The van der Waals surface area contributed by atoms with Crippen LogP contribution in [0.5, 0.6) is 0 Å². The number of aliphatic carboxylic acids is 1. The first-order valence-corrected chi connectivity index (χ1v) is 12.8. The number of hydrogen-bond donors (Lipinski definition) is 3.